The van der Waals surface area contributed by atoms with Crippen molar-refractivity contribution in [1.29, 1.82) is 0 Å². The van der Waals surface area contributed by atoms with Gasteiger partial charge < -0.3 is 5.73 Å². The van der Waals surface area contributed by atoms with Gasteiger partial charge in [0.25, 0.3) is 0 Å². The first-order chi connectivity index (χ1) is 9.60. The van der Waals surface area contributed by atoms with Crippen molar-refractivity contribution >= 4 is 26.7 Å². The molecule has 2 rings (SSSR count). The van der Waals surface area contributed by atoms with Crippen molar-refractivity contribution in [2.24, 2.45) is 5.73 Å². The highest BCUT2D eigenvalue weighted by atomic mass is 79.9. The number of benzene rings is 2. The van der Waals surface area contributed by atoms with E-state index < -0.39 is 10.8 Å². The van der Waals surface area contributed by atoms with E-state index >= 15 is 0 Å². The molecule has 2 nitrogen and oxygen atoms in total. The molecule has 2 aromatic carbocycles. The van der Waals surface area contributed by atoms with E-state index in [4.69, 9.17) is 5.73 Å². The van der Waals surface area contributed by atoms with Gasteiger partial charge in [-0.25, -0.2) is 0 Å². The third kappa shape index (κ3) is 4.01. The van der Waals surface area contributed by atoms with Gasteiger partial charge in [-0.1, -0.05) is 47.1 Å². The number of aryl methyl sites for hydroxylation is 1. The van der Waals surface area contributed by atoms with Crippen LogP contribution in [0.4, 0.5) is 0 Å². The molecule has 2 unspecified atom stereocenters. The summed E-state index contributed by atoms with van der Waals surface area (Å²) in [4.78, 5) is 0.814. The first-order valence-corrected chi connectivity index (χ1v) is 8.69. The van der Waals surface area contributed by atoms with Crippen LogP contribution < -0.4 is 5.73 Å². The first kappa shape index (κ1) is 15.4. The molecule has 2 atom stereocenters. The first-order valence-electron chi connectivity index (χ1n) is 6.58. The summed E-state index contributed by atoms with van der Waals surface area (Å²) in [5, 5.41) is 0. The van der Waals surface area contributed by atoms with Crippen LogP contribution in [-0.4, -0.2) is 9.96 Å². The Morgan fingerprint density at radius 1 is 1.10 bits per heavy atom. The lowest BCUT2D eigenvalue weighted by Gasteiger charge is -2.12. The van der Waals surface area contributed by atoms with E-state index in [1.54, 1.807) is 0 Å². The van der Waals surface area contributed by atoms with Crippen molar-refractivity contribution in [2.75, 3.05) is 5.75 Å². The van der Waals surface area contributed by atoms with Crippen LogP contribution in [0.5, 0.6) is 0 Å². The van der Waals surface area contributed by atoms with Crippen molar-refractivity contribution in [1.82, 2.24) is 0 Å². The lowest BCUT2D eigenvalue weighted by molar-refractivity contribution is 0.675. The average molecular weight is 352 g/mol. The summed E-state index contributed by atoms with van der Waals surface area (Å²) >= 11 is 3.37. The smallest absolute Gasteiger partial charge is 0.0548 e. The van der Waals surface area contributed by atoms with Crippen molar-refractivity contribution in [2.45, 2.75) is 24.3 Å². The van der Waals surface area contributed by atoms with Crippen LogP contribution in [0.25, 0.3) is 0 Å². The maximum absolute atomic E-state index is 12.3. The van der Waals surface area contributed by atoms with Gasteiger partial charge in [0.15, 0.2) is 0 Å². The number of rotatable bonds is 5. The Bertz CT molecular complexity index is 580. The number of nitrogens with two attached hydrogens (primary N) is 1. The molecular weight excluding hydrogens is 334 g/mol. The second-order valence-electron chi connectivity index (χ2n) is 4.67. The standard InChI is InChI=1S/C16H18BrNOS/c1-2-12-3-5-13(6-4-12)16(18)11-20(19)15-9-7-14(17)8-10-15/h3-10,16H,2,11,18H2,1H3. The molecule has 0 saturated heterocycles. The Balaban J connectivity index is 2.04. The van der Waals surface area contributed by atoms with E-state index in [-0.39, 0.29) is 6.04 Å². The lowest BCUT2D eigenvalue weighted by Crippen LogP contribution is -2.18. The summed E-state index contributed by atoms with van der Waals surface area (Å²) in [6.45, 7) is 2.12. The molecule has 0 amide bonds. The van der Waals surface area contributed by atoms with Crippen LogP contribution in [-0.2, 0) is 17.2 Å². The third-order valence-electron chi connectivity index (χ3n) is 3.22. The van der Waals surface area contributed by atoms with Crippen molar-refractivity contribution < 1.29 is 4.21 Å². The fourth-order valence-electron chi connectivity index (χ4n) is 1.94. The highest BCUT2D eigenvalue weighted by molar-refractivity contribution is 9.10. The molecule has 2 N–H and O–H groups in total. The normalized spacial score (nSPS) is 13.9. The molecule has 0 saturated carbocycles. The molecule has 0 spiro atoms. The fourth-order valence-corrected chi connectivity index (χ4v) is 3.36. The van der Waals surface area contributed by atoms with E-state index in [9.17, 15) is 4.21 Å². The number of hydrogen-bond donors (Lipinski definition) is 1. The zero-order valence-corrected chi connectivity index (χ0v) is 13.8. The summed E-state index contributed by atoms with van der Waals surface area (Å²) < 4.78 is 13.3. The van der Waals surface area contributed by atoms with Gasteiger partial charge >= 0.3 is 0 Å². The van der Waals surface area contributed by atoms with E-state index in [1.807, 2.05) is 36.4 Å². The SMILES string of the molecule is CCc1ccc(C(N)CS(=O)c2ccc(Br)cc2)cc1. The molecule has 0 aliphatic heterocycles. The molecule has 0 aliphatic rings. The van der Waals surface area contributed by atoms with Crippen LogP contribution in [0.3, 0.4) is 0 Å². The quantitative estimate of drug-likeness (QED) is 0.889. The van der Waals surface area contributed by atoms with E-state index in [0.29, 0.717) is 5.75 Å². The summed E-state index contributed by atoms with van der Waals surface area (Å²) in [6, 6.07) is 15.6. The average Bonchev–Trinajstić information content (AvgIpc) is 2.48. The fraction of sp³-hybridized carbons (Fsp3) is 0.250. The van der Waals surface area contributed by atoms with Gasteiger partial charge in [-0.15, -0.1) is 0 Å². The van der Waals surface area contributed by atoms with Gasteiger partial charge in [0.2, 0.25) is 0 Å². The summed E-state index contributed by atoms with van der Waals surface area (Å²) in [5.74, 6) is 0.438. The minimum atomic E-state index is -1.08. The Morgan fingerprint density at radius 3 is 2.25 bits per heavy atom. The van der Waals surface area contributed by atoms with E-state index in [1.165, 1.54) is 5.56 Å². The molecule has 2 aromatic rings. The monoisotopic (exact) mass is 351 g/mol. The molecule has 106 valence electrons. The second kappa shape index (κ2) is 7.16. The van der Waals surface area contributed by atoms with Crippen LogP contribution >= 0.6 is 15.9 Å². The van der Waals surface area contributed by atoms with Gasteiger partial charge in [-0.05, 0) is 41.8 Å². The highest BCUT2D eigenvalue weighted by Gasteiger charge is 2.12. The largest absolute Gasteiger partial charge is 0.323 e. The van der Waals surface area contributed by atoms with Crippen LogP contribution in [0.2, 0.25) is 0 Å². The Morgan fingerprint density at radius 2 is 1.70 bits per heavy atom. The van der Waals surface area contributed by atoms with Crippen LogP contribution in [0.1, 0.15) is 24.1 Å². The third-order valence-corrected chi connectivity index (χ3v) is 5.21. The summed E-state index contributed by atoms with van der Waals surface area (Å²) in [7, 11) is -1.08. The Hall–Kier alpha value is -0.970. The van der Waals surface area contributed by atoms with Crippen molar-refractivity contribution in [3.63, 3.8) is 0 Å². The van der Waals surface area contributed by atoms with Crippen LogP contribution in [0, 0.1) is 0 Å². The maximum Gasteiger partial charge on any atom is 0.0548 e. The Labute approximate surface area is 131 Å². The Kier molecular flexibility index (Phi) is 5.52. The van der Waals surface area contributed by atoms with E-state index in [2.05, 4.69) is 35.0 Å². The maximum atomic E-state index is 12.3. The van der Waals surface area contributed by atoms with Gasteiger partial charge in [-0.3, -0.25) is 4.21 Å². The predicted octanol–water partition coefficient (Wildman–Crippen LogP) is 3.82. The number of hydrogen-bond acceptors (Lipinski definition) is 2. The van der Waals surface area contributed by atoms with Gasteiger partial charge in [0.1, 0.15) is 0 Å². The molecule has 0 aromatic heterocycles. The molecule has 0 radical (unpaired) electrons. The van der Waals surface area contributed by atoms with E-state index in [0.717, 1.165) is 21.4 Å². The minimum absolute atomic E-state index is 0.203. The zero-order valence-electron chi connectivity index (χ0n) is 11.4. The predicted molar refractivity (Wildman–Crippen MR) is 88.2 cm³/mol. The summed E-state index contributed by atoms with van der Waals surface area (Å²) in [5.41, 5.74) is 8.47. The molecular formula is C16H18BrNOS. The number of halogens is 1. The second-order valence-corrected chi connectivity index (χ2v) is 7.08. The van der Waals surface area contributed by atoms with Gasteiger partial charge in [-0.2, -0.15) is 0 Å². The lowest BCUT2D eigenvalue weighted by atomic mass is 10.1. The van der Waals surface area contributed by atoms with Crippen molar-refractivity contribution in [3.8, 4) is 0 Å². The summed E-state index contributed by atoms with van der Waals surface area (Å²) in [6.07, 6.45) is 1.01. The molecule has 20 heavy (non-hydrogen) atoms. The molecule has 0 heterocycles. The minimum Gasteiger partial charge on any atom is -0.323 e. The van der Waals surface area contributed by atoms with Crippen LogP contribution in [0.15, 0.2) is 57.9 Å². The topological polar surface area (TPSA) is 43.1 Å². The zero-order chi connectivity index (χ0) is 14.5. The van der Waals surface area contributed by atoms with Crippen molar-refractivity contribution in [3.05, 3.63) is 64.1 Å². The molecule has 0 aliphatic carbocycles. The molecule has 0 bridgehead atoms. The molecule has 0 fully saturated rings. The van der Waals surface area contributed by atoms with Gasteiger partial charge in [0.05, 0.1) is 10.8 Å². The van der Waals surface area contributed by atoms with Gasteiger partial charge in [0, 0.05) is 21.2 Å². The molecule has 4 heteroatoms. The highest BCUT2D eigenvalue weighted by Crippen LogP contribution is 2.18.